The van der Waals surface area contributed by atoms with E-state index in [0.717, 1.165) is 0 Å². The fourth-order valence-corrected chi connectivity index (χ4v) is 5.35. The average molecular weight is 536 g/mol. The molecule has 5 aromatic rings. The van der Waals surface area contributed by atoms with Gasteiger partial charge in [-0.05, 0) is 25.1 Å². The molecule has 38 heavy (non-hydrogen) atoms. The summed E-state index contributed by atoms with van der Waals surface area (Å²) in [6, 6.07) is 5.66. The van der Waals surface area contributed by atoms with Gasteiger partial charge in [0.15, 0.2) is 11.6 Å². The molecule has 0 fully saturated rings. The Labute approximate surface area is 218 Å². The average Bonchev–Trinajstić information content (AvgIpc) is 3.52. The summed E-state index contributed by atoms with van der Waals surface area (Å²) in [5.41, 5.74) is 2.36. The van der Waals surface area contributed by atoms with E-state index in [1.165, 1.54) is 61.0 Å². The van der Waals surface area contributed by atoms with E-state index in [9.17, 15) is 13.6 Å². The first kappa shape index (κ1) is 23.9. The van der Waals surface area contributed by atoms with E-state index in [4.69, 9.17) is 14.2 Å². The highest BCUT2D eigenvalue weighted by molar-refractivity contribution is 7.22. The van der Waals surface area contributed by atoms with Crippen molar-refractivity contribution in [3.8, 4) is 22.1 Å². The maximum absolute atomic E-state index is 15.0. The Hall–Kier alpha value is -4.45. The van der Waals surface area contributed by atoms with Crippen LogP contribution in [0.3, 0.4) is 0 Å². The van der Waals surface area contributed by atoms with Crippen LogP contribution in [-0.2, 0) is 11.2 Å². The number of thiazole rings is 1. The molecule has 1 aliphatic rings. The summed E-state index contributed by atoms with van der Waals surface area (Å²) in [6.45, 7) is 1.73. The van der Waals surface area contributed by atoms with Gasteiger partial charge in [0.2, 0.25) is 0 Å². The van der Waals surface area contributed by atoms with Crippen LogP contribution in [0, 0.1) is 18.6 Å². The molecule has 0 bridgehead atoms. The highest BCUT2D eigenvalue weighted by Gasteiger charge is 2.33. The van der Waals surface area contributed by atoms with Gasteiger partial charge in [0.25, 0.3) is 6.29 Å². The first-order chi connectivity index (χ1) is 18.3. The molecule has 12 heteroatoms. The summed E-state index contributed by atoms with van der Waals surface area (Å²) < 4.78 is 46.5. The van der Waals surface area contributed by atoms with Crippen LogP contribution in [0.2, 0.25) is 0 Å². The number of nitrogens with zero attached hydrogens (tertiary/aromatic N) is 5. The van der Waals surface area contributed by atoms with Gasteiger partial charge in [-0.2, -0.15) is 0 Å². The quantitative estimate of drug-likeness (QED) is 0.300. The van der Waals surface area contributed by atoms with Crippen LogP contribution in [0.4, 0.5) is 19.3 Å². The van der Waals surface area contributed by atoms with Gasteiger partial charge in [0.1, 0.15) is 22.4 Å². The first-order valence-electron chi connectivity index (χ1n) is 11.5. The Balaban J connectivity index is 1.32. The molecule has 4 heterocycles. The SMILES string of the molecule is COc1cnc2c(-c3nc4cc(F)c5c(c4s3)C[C@@H](OC(=O)N(C)c3cnc(C)nc3)O5)cc(F)cc2c1. The highest BCUT2D eigenvalue weighted by Crippen LogP contribution is 2.43. The summed E-state index contributed by atoms with van der Waals surface area (Å²) in [5.74, 6) is -0.0302. The molecule has 3 aromatic heterocycles. The zero-order valence-electron chi connectivity index (χ0n) is 20.4. The van der Waals surface area contributed by atoms with Crippen LogP contribution in [0.1, 0.15) is 11.4 Å². The molecular formula is C26H19F2N5O4S. The minimum Gasteiger partial charge on any atom is -0.495 e. The summed E-state index contributed by atoms with van der Waals surface area (Å²) in [6.07, 6.45) is 2.91. The lowest BCUT2D eigenvalue weighted by atomic mass is 10.1. The molecule has 192 valence electrons. The van der Waals surface area contributed by atoms with E-state index < -0.39 is 24.0 Å². The van der Waals surface area contributed by atoms with Crippen LogP contribution in [0.25, 0.3) is 31.7 Å². The molecule has 2 aromatic carbocycles. The number of aryl methyl sites for hydroxylation is 1. The number of carbonyl (C=O) groups is 1. The lowest BCUT2D eigenvalue weighted by molar-refractivity contribution is -0.0144. The van der Waals surface area contributed by atoms with Crippen molar-refractivity contribution in [2.75, 3.05) is 19.1 Å². The van der Waals surface area contributed by atoms with Crippen molar-refractivity contribution in [2.24, 2.45) is 0 Å². The highest BCUT2D eigenvalue weighted by atomic mass is 32.1. The zero-order valence-corrected chi connectivity index (χ0v) is 21.2. The van der Waals surface area contributed by atoms with E-state index in [1.807, 2.05) is 0 Å². The molecule has 0 N–H and O–H groups in total. The summed E-state index contributed by atoms with van der Waals surface area (Å²) in [7, 11) is 3.02. The standard InChI is InChI=1S/C26H19F2N5O4S/c1-12-29-9-15(10-30-12)33(2)26(34)37-21-7-18-23(36-21)19(28)8-20-24(18)38-25(32-20)17-6-14(27)4-13-5-16(35-3)11-31-22(13)17/h4-6,8-11,21H,7H2,1-3H3/t21-/m1/s1. The number of aromatic nitrogens is 4. The number of amides is 1. The predicted molar refractivity (Wildman–Crippen MR) is 137 cm³/mol. The molecule has 9 nitrogen and oxygen atoms in total. The van der Waals surface area contributed by atoms with Crippen LogP contribution >= 0.6 is 11.3 Å². The number of ether oxygens (including phenoxy) is 3. The lowest BCUT2D eigenvalue weighted by Crippen LogP contribution is -2.33. The third-order valence-corrected chi connectivity index (χ3v) is 7.32. The Kier molecular flexibility index (Phi) is 5.75. The second-order valence-corrected chi connectivity index (χ2v) is 9.62. The van der Waals surface area contributed by atoms with Crippen LogP contribution < -0.4 is 14.4 Å². The van der Waals surface area contributed by atoms with Gasteiger partial charge in [-0.15, -0.1) is 11.3 Å². The van der Waals surface area contributed by atoms with Gasteiger partial charge in [0.05, 0.1) is 53.5 Å². The number of methoxy groups -OCH3 is 1. The second kappa shape index (κ2) is 9.14. The fourth-order valence-electron chi connectivity index (χ4n) is 4.24. The third-order valence-electron chi connectivity index (χ3n) is 6.15. The number of anilines is 1. The van der Waals surface area contributed by atoms with Crippen LogP contribution in [-0.4, -0.2) is 46.5 Å². The molecular weight excluding hydrogens is 516 g/mol. The van der Waals surface area contributed by atoms with Crippen LogP contribution in [0.15, 0.2) is 42.9 Å². The monoisotopic (exact) mass is 535 g/mol. The van der Waals surface area contributed by atoms with Crippen molar-refractivity contribution in [2.45, 2.75) is 19.6 Å². The Morgan fingerprint density at radius 3 is 2.68 bits per heavy atom. The van der Waals surface area contributed by atoms with E-state index in [-0.39, 0.29) is 12.2 Å². The van der Waals surface area contributed by atoms with E-state index in [0.29, 0.717) is 54.5 Å². The fraction of sp³-hybridized carbons (Fsp3) is 0.192. The molecule has 0 unspecified atom stereocenters. The molecule has 6 rings (SSSR count). The molecule has 1 atom stereocenters. The maximum atomic E-state index is 15.0. The van der Waals surface area contributed by atoms with E-state index >= 15 is 0 Å². The number of hydrogen-bond acceptors (Lipinski definition) is 9. The third kappa shape index (κ3) is 4.12. The Bertz CT molecular complexity index is 1730. The van der Waals surface area contributed by atoms with Gasteiger partial charge in [-0.1, -0.05) is 0 Å². The molecule has 1 amide bonds. The summed E-state index contributed by atoms with van der Waals surface area (Å²) in [4.78, 5) is 31.1. The number of hydrogen-bond donors (Lipinski definition) is 0. The van der Waals surface area contributed by atoms with Gasteiger partial charge < -0.3 is 14.2 Å². The Morgan fingerprint density at radius 2 is 1.92 bits per heavy atom. The minimum absolute atomic E-state index is 0.00113. The van der Waals surface area contributed by atoms with Crippen molar-refractivity contribution in [1.29, 1.82) is 0 Å². The number of pyridine rings is 1. The predicted octanol–water partition coefficient (Wildman–Crippen LogP) is 5.43. The van der Waals surface area contributed by atoms with E-state index in [2.05, 4.69) is 19.9 Å². The largest absolute Gasteiger partial charge is 0.495 e. The van der Waals surface area contributed by atoms with E-state index in [1.54, 1.807) is 19.2 Å². The summed E-state index contributed by atoms with van der Waals surface area (Å²) in [5, 5.41) is 1.02. The smallest absolute Gasteiger partial charge is 0.417 e. The number of halogens is 2. The lowest BCUT2D eigenvalue weighted by Gasteiger charge is -2.19. The van der Waals surface area contributed by atoms with Gasteiger partial charge in [0, 0.05) is 29.6 Å². The van der Waals surface area contributed by atoms with Crippen molar-refractivity contribution >= 4 is 44.2 Å². The van der Waals surface area contributed by atoms with Crippen molar-refractivity contribution in [1.82, 2.24) is 19.9 Å². The normalized spacial score (nSPS) is 14.4. The minimum atomic E-state index is -1.04. The van der Waals surface area contributed by atoms with Crippen LogP contribution in [0.5, 0.6) is 11.5 Å². The summed E-state index contributed by atoms with van der Waals surface area (Å²) >= 11 is 1.26. The topological polar surface area (TPSA) is 99.6 Å². The van der Waals surface area contributed by atoms with Gasteiger partial charge in [-0.25, -0.2) is 28.5 Å². The van der Waals surface area contributed by atoms with Crippen molar-refractivity contribution in [3.05, 3.63) is 65.9 Å². The first-order valence-corrected chi connectivity index (χ1v) is 12.3. The number of carbonyl (C=O) groups excluding carboxylic acids is 1. The van der Waals surface area contributed by atoms with Gasteiger partial charge >= 0.3 is 6.09 Å². The maximum Gasteiger partial charge on any atom is 0.417 e. The number of fused-ring (bicyclic) bond motifs is 4. The molecule has 0 spiro atoms. The molecule has 1 aliphatic heterocycles. The van der Waals surface area contributed by atoms with Crippen molar-refractivity contribution in [3.63, 3.8) is 0 Å². The van der Waals surface area contributed by atoms with Gasteiger partial charge in [-0.3, -0.25) is 9.88 Å². The number of rotatable bonds is 4. The van der Waals surface area contributed by atoms with Crippen molar-refractivity contribution < 1.29 is 27.8 Å². The molecule has 0 saturated heterocycles. The zero-order chi connectivity index (χ0) is 26.6. The molecule has 0 saturated carbocycles. The second-order valence-electron chi connectivity index (χ2n) is 8.62. The molecule has 0 aliphatic carbocycles. The Morgan fingerprint density at radius 1 is 1.13 bits per heavy atom. The number of benzene rings is 2. The molecule has 0 radical (unpaired) electrons.